The molecule has 5 rings (SSSR count). The minimum absolute atomic E-state index is 0.0551. The van der Waals surface area contributed by atoms with Crippen molar-refractivity contribution in [1.29, 1.82) is 0 Å². The number of hydrogen-bond donors (Lipinski definition) is 2. The molecule has 0 saturated heterocycles. The minimum Gasteiger partial charge on any atom is -0.434 e. The number of aromatic nitrogens is 4. The molecule has 0 bridgehead atoms. The van der Waals surface area contributed by atoms with E-state index in [1.807, 2.05) is 0 Å². The molecule has 2 atom stereocenters. The summed E-state index contributed by atoms with van der Waals surface area (Å²) in [5.74, 6) is -4.69. The fraction of sp³-hybridized carbons (Fsp3) is 0.292. The van der Waals surface area contributed by atoms with Gasteiger partial charge in [0.1, 0.15) is 22.8 Å². The Morgan fingerprint density at radius 1 is 1.06 bits per heavy atom. The van der Waals surface area contributed by atoms with Crippen LogP contribution in [-0.2, 0) is 5.60 Å². The zero-order valence-corrected chi connectivity index (χ0v) is 18.9. The number of fused-ring (bicyclic) bond motifs is 3. The Morgan fingerprint density at radius 3 is 2.36 bits per heavy atom. The first-order valence-corrected chi connectivity index (χ1v) is 10.8. The van der Waals surface area contributed by atoms with Gasteiger partial charge in [0.25, 0.3) is 0 Å². The van der Waals surface area contributed by atoms with Crippen LogP contribution in [0.4, 0.5) is 22.0 Å². The maximum absolute atomic E-state index is 15.0. The molecule has 1 aromatic carbocycles. The smallest absolute Gasteiger partial charge is 0.387 e. The average Bonchev–Trinajstić information content (AvgIpc) is 3.31. The van der Waals surface area contributed by atoms with Gasteiger partial charge in [0.05, 0.1) is 17.5 Å². The fourth-order valence-corrected chi connectivity index (χ4v) is 4.42. The molecule has 3 aromatic heterocycles. The van der Waals surface area contributed by atoms with Crippen LogP contribution in [0.25, 0.3) is 16.8 Å². The lowest BCUT2D eigenvalue weighted by Gasteiger charge is -2.18. The van der Waals surface area contributed by atoms with Gasteiger partial charge in [0.2, 0.25) is 0 Å². The minimum atomic E-state index is -3.30. The summed E-state index contributed by atoms with van der Waals surface area (Å²) in [5, 5.41) is 20.7. The number of benzene rings is 1. The molecular formula is C24H19F5N4O3. The van der Waals surface area contributed by atoms with E-state index in [1.54, 1.807) is 0 Å². The first-order chi connectivity index (χ1) is 16.9. The van der Waals surface area contributed by atoms with E-state index in [0.29, 0.717) is 6.07 Å². The van der Waals surface area contributed by atoms with Crippen LogP contribution in [0.2, 0.25) is 0 Å². The molecule has 7 nitrogen and oxygen atoms in total. The van der Waals surface area contributed by atoms with Crippen LogP contribution in [0.1, 0.15) is 55.1 Å². The molecule has 1 aliphatic carbocycles. The maximum Gasteiger partial charge on any atom is 0.387 e. The monoisotopic (exact) mass is 506 g/mol. The molecule has 0 unspecified atom stereocenters. The molecule has 1 aliphatic rings. The van der Waals surface area contributed by atoms with Crippen LogP contribution in [-0.4, -0.2) is 36.2 Å². The molecule has 12 heteroatoms. The molecule has 36 heavy (non-hydrogen) atoms. The van der Waals surface area contributed by atoms with E-state index in [1.165, 1.54) is 36.8 Å². The highest BCUT2D eigenvalue weighted by molar-refractivity contribution is 5.65. The lowest BCUT2D eigenvalue weighted by molar-refractivity contribution is -0.0508. The van der Waals surface area contributed by atoms with Crippen LogP contribution >= 0.6 is 0 Å². The van der Waals surface area contributed by atoms with Gasteiger partial charge in [-0.05, 0) is 26.3 Å². The first kappa shape index (κ1) is 24.1. The van der Waals surface area contributed by atoms with Crippen molar-refractivity contribution in [3.63, 3.8) is 0 Å². The van der Waals surface area contributed by atoms with Crippen molar-refractivity contribution in [2.45, 2.75) is 44.5 Å². The SMILES string of the molecule is CC(C)(O)c1ncc(-c2cn3c4c(nc3cc2F)[C@@H](O)C[C@H]4c2cc(F)c(F)cc2OC(F)F)cn1. The summed E-state index contributed by atoms with van der Waals surface area (Å²) < 4.78 is 74.8. The van der Waals surface area contributed by atoms with E-state index in [9.17, 15) is 27.8 Å². The van der Waals surface area contributed by atoms with Crippen LogP contribution in [0.15, 0.2) is 36.8 Å². The second-order valence-corrected chi connectivity index (χ2v) is 8.99. The van der Waals surface area contributed by atoms with Crippen LogP contribution in [0.5, 0.6) is 5.75 Å². The summed E-state index contributed by atoms with van der Waals surface area (Å²) in [6.07, 6.45) is 2.80. The Bertz CT molecular complexity index is 1470. The predicted molar refractivity (Wildman–Crippen MR) is 116 cm³/mol. The number of halogens is 5. The average molecular weight is 506 g/mol. The number of alkyl halides is 2. The molecule has 0 radical (unpaired) electrons. The van der Waals surface area contributed by atoms with Crippen molar-refractivity contribution in [2.75, 3.05) is 0 Å². The zero-order chi connectivity index (χ0) is 25.9. The third-order valence-electron chi connectivity index (χ3n) is 6.03. The Morgan fingerprint density at radius 2 is 1.72 bits per heavy atom. The van der Waals surface area contributed by atoms with Gasteiger partial charge in [0, 0.05) is 53.3 Å². The summed E-state index contributed by atoms with van der Waals surface area (Å²) in [7, 11) is 0. The molecule has 4 aromatic rings. The predicted octanol–water partition coefficient (Wildman–Crippen LogP) is 4.61. The number of rotatable bonds is 5. The summed E-state index contributed by atoms with van der Waals surface area (Å²) >= 11 is 0. The van der Waals surface area contributed by atoms with Crippen LogP contribution in [0.3, 0.4) is 0 Å². The van der Waals surface area contributed by atoms with Crippen molar-refractivity contribution in [1.82, 2.24) is 19.4 Å². The fourth-order valence-electron chi connectivity index (χ4n) is 4.42. The second-order valence-electron chi connectivity index (χ2n) is 8.99. The first-order valence-electron chi connectivity index (χ1n) is 10.8. The largest absolute Gasteiger partial charge is 0.434 e. The molecule has 0 aliphatic heterocycles. The molecular weight excluding hydrogens is 487 g/mol. The number of aliphatic hydroxyl groups is 2. The summed E-state index contributed by atoms with van der Waals surface area (Å²) in [6.45, 7) is -0.299. The Balaban J connectivity index is 1.66. The number of pyridine rings is 1. The van der Waals surface area contributed by atoms with Gasteiger partial charge in [-0.3, -0.25) is 0 Å². The zero-order valence-electron chi connectivity index (χ0n) is 18.9. The van der Waals surface area contributed by atoms with E-state index in [4.69, 9.17) is 0 Å². The van der Waals surface area contributed by atoms with Crippen molar-refractivity contribution in [2.24, 2.45) is 0 Å². The molecule has 3 heterocycles. The van der Waals surface area contributed by atoms with Crippen molar-refractivity contribution >= 4 is 5.65 Å². The van der Waals surface area contributed by atoms with Crippen molar-refractivity contribution in [3.05, 3.63) is 77.0 Å². The van der Waals surface area contributed by atoms with Crippen LogP contribution < -0.4 is 4.74 Å². The second kappa shape index (κ2) is 8.49. The molecule has 0 saturated carbocycles. The lowest BCUT2D eigenvalue weighted by atomic mass is 9.95. The van der Waals surface area contributed by atoms with Gasteiger partial charge in [0.15, 0.2) is 17.5 Å². The van der Waals surface area contributed by atoms with Crippen molar-refractivity contribution in [3.8, 4) is 16.9 Å². The topological polar surface area (TPSA) is 92.8 Å². The molecule has 0 spiro atoms. The number of ether oxygens (including phenoxy) is 1. The highest BCUT2D eigenvalue weighted by Gasteiger charge is 2.38. The molecule has 0 fully saturated rings. The lowest BCUT2D eigenvalue weighted by Crippen LogP contribution is -2.19. The van der Waals surface area contributed by atoms with Gasteiger partial charge >= 0.3 is 6.61 Å². The van der Waals surface area contributed by atoms with E-state index in [0.717, 1.165) is 12.1 Å². The highest BCUT2D eigenvalue weighted by Crippen LogP contribution is 2.47. The number of nitrogens with zero attached hydrogens (tertiary/aromatic N) is 4. The Hall–Kier alpha value is -3.64. The Kier molecular flexibility index (Phi) is 5.67. The third-order valence-corrected chi connectivity index (χ3v) is 6.03. The summed E-state index contributed by atoms with van der Waals surface area (Å²) in [4.78, 5) is 12.4. The van der Waals surface area contributed by atoms with Crippen LogP contribution in [0, 0.1) is 17.5 Å². The molecule has 0 amide bonds. The standard InChI is InChI=1S/C24H19F5N4O3/c1-24(2,35)22-30-7-10(8-31-22)13-9-33-19(6-14(13)25)32-20-17(34)4-12(21(20)33)11-3-15(26)16(27)5-18(11)36-23(28)29/h3,5-9,12,17,23,34-35H,4H2,1-2H3/t12-,17-/m0/s1. The van der Waals surface area contributed by atoms with Crippen molar-refractivity contribution < 1.29 is 36.9 Å². The summed E-state index contributed by atoms with van der Waals surface area (Å²) in [6, 6.07) is 2.38. The normalized spacial score (nSPS) is 17.7. The van der Waals surface area contributed by atoms with E-state index in [2.05, 4.69) is 19.7 Å². The van der Waals surface area contributed by atoms with Gasteiger partial charge in [-0.15, -0.1) is 0 Å². The van der Waals surface area contributed by atoms with E-state index >= 15 is 4.39 Å². The third kappa shape index (κ3) is 4.05. The van der Waals surface area contributed by atoms with Gasteiger partial charge in [-0.2, -0.15) is 8.78 Å². The van der Waals surface area contributed by atoms with E-state index < -0.39 is 47.4 Å². The maximum atomic E-state index is 15.0. The Labute approximate surface area is 200 Å². The highest BCUT2D eigenvalue weighted by atomic mass is 19.3. The summed E-state index contributed by atoms with van der Waals surface area (Å²) in [5.41, 5.74) is -0.543. The number of imidazole rings is 1. The van der Waals surface area contributed by atoms with Gasteiger partial charge in [-0.1, -0.05) is 0 Å². The molecule has 2 N–H and O–H groups in total. The number of aliphatic hydroxyl groups excluding tert-OH is 1. The van der Waals surface area contributed by atoms with Gasteiger partial charge < -0.3 is 19.4 Å². The quantitative estimate of drug-likeness (QED) is 0.384. The van der Waals surface area contributed by atoms with Gasteiger partial charge in [-0.25, -0.2) is 28.1 Å². The number of hydrogen-bond acceptors (Lipinski definition) is 6. The van der Waals surface area contributed by atoms with E-state index in [-0.39, 0.29) is 46.0 Å². The molecule has 188 valence electrons.